The van der Waals surface area contributed by atoms with E-state index in [2.05, 4.69) is 15.4 Å². The Morgan fingerprint density at radius 2 is 1.87 bits per heavy atom. The first-order chi connectivity index (χ1) is 14.6. The first kappa shape index (κ1) is 21.7. The molecule has 0 radical (unpaired) electrons. The van der Waals surface area contributed by atoms with Crippen molar-refractivity contribution in [2.75, 3.05) is 30.1 Å². The second-order valence-electron chi connectivity index (χ2n) is 8.80. The van der Waals surface area contributed by atoms with Crippen LogP contribution in [-0.2, 0) is 19.7 Å². The van der Waals surface area contributed by atoms with Crippen LogP contribution in [0, 0.1) is 5.92 Å². The Bertz CT molecular complexity index is 771. The summed E-state index contributed by atoms with van der Waals surface area (Å²) in [7, 11) is 0. The zero-order valence-corrected chi connectivity index (χ0v) is 18.6. The van der Waals surface area contributed by atoms with Gasteiger partial charge < -0.3 is 15.4 Å². The molecule has 6 nitrogen and oxygen atoms in total. The van der Waals surface area contributed by atoms with Gasteiger partial charge in [0.1, 0.15) is 0 Å². The van der Waals surface area contributed by atoms with Crippen molar-refractivity contribution >= 4 is 35.1 Å². The highest BCUT2D eigenvalue weighted by molar-refractivity contribution is 7.96. The summed E-state index contributed by atoms with van der Waals surface area (Å²) < 4.78 is 8.82. The van der Waals surface area contributed by atoms with Crippen LogP contribution >= 0.6 is 11.9 Å². The molecule has 1 aromatic carbocycles. The highest BCUT2D eigenvalue weighted by Crippen LogP contribution is 2.45. The highest BCUT2D eigenvalue weighted by atomic mass is 32.2. The van der Waals surface area contributed by atoms with Gasteiger partial charge >= 0.3 is 0 Å². The maximum absolute atomic E-state index is 13.2. The van der Waals surface area contributed by atoms with Gasteiger partial charge in [0.15, 0.2) is 0 Å². The molecular weight excluding hydrogens is 398 g/mol. The summed E-state index contributed by atoms with van der Waals surface area (Å²) in [6.45, 7) is 1.21. The molecule has 1 saturated carbocycles. The number of carbonyl (C=O) groups excluding carboxylic acids is 2. The van der Waals surface area contributed by atoms with E-state index in [-0.39, 0.29) is 17.9 Å². The predicted octanol–water partition coefficient (Wildman–Crippen LogP) is 4.22. The summed E-state index contributed by atoms with van der Waals surface area (Å²) in [6, 6.07) is 5.63. The van der Waals surface area contributed by atoms with Gasteiger partial charge in [0.2, 0.25) is 11.8 Å². The van der Waals surface area contributed by atoms with Crippen molar-refractivity contribution in [2.24, 2.45) is 5.92 Å². The van der Waals surface area contributed by atoms with Gasteiger partial charge in [0.25, 0.3) is 0 Å². The van der Waals surface area contributed by atoms with E-state index in [1.807, 2.05) is 24.5 Å². The van der Waals surface area contributed by atoms with Crippen LogP contribution in [0.15, 0.2) is 18.2 Å². The van der Waals surface area contributed by atoms with Crippen LogP contribution in [0.5, 0.6) is 0 Å². The number of hydrogen-bond donors (Lipinski definition) is 3. The van der Waals surface area contributed by atoms with E-state index >= 15 is 0 Å². The van der Waals surface area contributed by atoms with Gasteiger partial charge in [0.05, 0.1) is 11.5 Å². The fraction of sp³-hybridized carbons (Fsp3) is 0.652. The van der Waals surface area contributed by atoms with E-state index in [4.69, 9.17) is 4.74 Å². The molecule has 30 heavy (non-hydrogen) atoms. The third kappa shape index (κ3) is 4.39. The van der Waals surface area contributed by atoms with Crippen molar-refractivity contribution in [3.63, 3.8) is 0 Å². The zero-order valence-electron chi connectivity index (χ0n) is 17.8. The van der Waals surface area contributed by atoms with Crippen LogP contribution in [-0.4, -0.2) is 37.3 Å². The van der Waals surface area contributed by atoms with Crippen LogP contribution < -0.4 is 15.4 Å². The van der Waals surface area contributed by atoms with E-state index in [1.54, 1.807) is 0 Å². The molecule has 0 bridgehead atoms. The molecule has 2 heterocycles. The number of carbonyl (C=O) groups is 2. The Hall–Kier alpha value is -1.57. The average Bonchev–Trinajstić information content (AvgIpc) is 2.97. The minimum absolute atomic E-state index is 0.0139. The van der Waals surface area contributed by atoms with Crippen molar-refractivity contribution in [3.8, 4) is 0 Å². The van der Waals surface area contributed by atoms with Gasteiger partial charge in [-0.25, -0.2) is 0 Å². The molecule has 1 unspecified atom stereocenters. The van der Waals surface area contributed by atoms with Crippen molar-refractivity contribution in [1.29, 1.82) is 0 Å². The Kier molecular flexibility index (Phi) is 7.01. The first-order valence-electron chi connectivity index (χ1n) is 11.3. The molecule has 1 spiro atoms. The van der Waals surface area contributed by atoms with Crippen LogP contribution in [0.1, 0.15) is 63.4 Å². The third-order valence-electron chi connectivity index (χ3n) is 6.98. The average molecular weight is 432 g/mol. The number of anilines is 2. The predicted molar refractivity (Wildman–Crippen MR) is 122 cm³/mol. The third-order valence-corrected chi connectivity index (χ3v) is 7.47. The maximum Gasteiger partial charge on any atom is 0.242 e. The van der Waals surface area contributed by atoms with Crippen LogP contribution in [0.4, 0.5) is 11.4 Å². The lowest BCUT2D eigenvalue weighted by Gasteiger charge is -2.31. The van der Waals surface area contributed by atoms with Gasteiger partial charge in [-0.05, 0) is 55.6 Å². The van der Waals surface area contributed by atoms with Gasteiger partial charge in [-0.2, -0.15) is 0 Å². The lowest BCUT2D eigenvalue weighted by molar-refractivity contribution is -0.124. The molecule has 2 aliphatic heterocycles. The summed E-state index contributed by atoms with van der Waals surface area (Å²) >= 11 is 1.51. The largest absolute Gasteiger partial charge is 0.381 e. The fourth-order valence-electron chi connectivity index (χ4n) is 5.26. The van der Waals surface area contributed by atoms with Crippen LogP contribution in [0.3, 0.4) is 0 Å². The van der Waals surface area contributed by atoms with Gasteiger partial charge in [-0.1, -0.05) is 50.1 Å². The van der Waals surface area contributed by atoms with Crippen LogP contribution in [0.25, 0.3) is 0 Å². The summed E-state index contributed by atoms with van der Waals surface area (Å²) in [5, 5.41) is 6.14. The lowest BCUT2D eigenvalue weighted by Crippen LogP contribution is -2.43. The smallest absolute Gasteiger partial charge is 0.242 e. The number of hydrogen-bond acceptors (Lipinski definition) is 5. The highest BCUT2D eigenvalue weighted by Gasteiger charge is 2.47. The van der Waals surface area contributed by atoms with Crippen molar-refractivity contribution in [3.05, 3.63) is 23.8 Å². The number of ether oxygens (including phenoxy) is 1. The van der Waals surface area contributed by atoms with E-state index in [1.165, 1.54) is 44.1 Å². The molecule has 1 aliphatic carbocycles. The number of amides is 2. The summed E-state index contributed by atoms with van der Waals surface area (Å²) in [5.74, 6) is 0.429. The lowest BCUT2D eigenvalue weighted by atomic mass is 9.75. The molecule has 164 valence electrons. The molecular formula is C23H33N3O3S. The number of rotatable bonds is 5. The van der Waals surface area contributed by atoms with E-state index in [0.717, 1.165) is 29.8 Å². The minimum atomic E-state index is -0.474. The zero-order chi connectivity index (χ0) is 21.0. The first-order valence-corrected chi connectivity index (χ1v) is 12.5. The second kappa shape index (κ2) is 9.71. The Balaban J connectivity index is 1.48. The summed E-state index contributed by atoms with van der Waals surface area (Å²) in [6.07, 6.45) is 11.8. The van der Waals surface area contributed by atoms with Crippen molar-refractivity contribution < 1.29 is 14.3 Å². The van der Waals surface area contributed by atoms with E-state index in [9.17, 15) is 9.59 Å². The fourth-order valence-corrected chi connectivity index (χ4v) is 5.81. The molecule has 1 aromatic rings. The SMILES string of the molecule is CSNC(C(=O)Nc1ccc2c(c1)NC(=O)C21CCOCC1)C1CCCCCCC1. The molecule has 3 aliphatic rings. The summed E-state index contributed by atoms with van der Waals surface area (Å²) in [5.41, 5.74) is 2.12. The van der Waals surface area contributed by atoms with Gasteiger partial charge in [-0.3, -0.25) is 14.3 Å². The molecule has 2 fully saturated rings. The molecule has 2 amide bonds. The quantitative estimate of drug-likeness (QED) is 0.608. The Morgan fingerprint density at radius 1 is 1.17 bits per heavy atom. The molecule has 1 atom stereocenters. The van der Waals surface area contributed by atoms with E-state index < -0.39 is 5.41 Å². The molecule has 7 heteroatoms. The monoisotopic (exact) mass is 431 g/mol. The Labute approximate surface area is 183 Å². The van der Waals surface area contributed by atoms with Gasteiger partial charge in [0, 0.05) is 24.6 Å². The van der Waals surface area contributed by atoms with E-state index in [0.29, 0.717) is 32.0 Å². The van der Waals surface area contributed by atoms with Crippen molar-refractivity contribution in [1.82, 2.24) is 4.72 Å². The standard InChI is InChI=1S/C23H33N3O3S/c1-30-26-20(16-7-5-3-2-4-6-8-16)21(27)24-17-9-10-18-19(15-17)25-22(28)23(18)11-13-29-14-12-23/h9-10,15-16,20,26H,2-8,11-14H2,1H3,(H,24,27)(H,25,28). The number of nitrogens with one attached hydrogen (secondary N) is 3. The van der Waals surface area contributed by atoms with Crippen molar-refractivity contribution in [2.45, 2.75) is 69.2 Å². The number of fused-ring (bicyclic) bond motifs is 2. The number of benzene rings is 1. The second-order valence-corrected chi connectivity index (χ2v) is 9.45. The molecule has 3 N–H and O–H groups in total. The van der Waals surface area contributed by atoms with Gasteiger partial charge in [-0.15, -0.1) is 0 Å². The summed E-state index contributed by atoms with van der Waals surface area (Å²) in [4.78, 5) is 25.9. The molecule has 4 rings (SSSR count). The van der Waals surface area contributed by atoms with Crippen LogP contribution in [0.2, 0.25) is 0 Å². The molecule has 0 aromatic heterocycles. The topological polar surface area (TPSA) is 79.5 Å². The Morgan fingerprint density at radius 3 is 2.57 bits per heavy atom. The molecule has 1 saturated heterocycles. The normalized spacial score (nSPS) is 22.6. The minimum Gasteiger partial charge on any atom is -0.381 e. The maximum atomic E-state index is 13.2.